The van der Waals surface area contributed by atoms with Crippen molar-refractivity contribution in [2.45, 2.75) is 27.7 Å². The van der Waals surface area contributed by atoms with Crippen LogP contribution in [-0.2, 0) is 9.53 Å². The second-order valence-corrected chi connectivity index (χ2v) is 7.26. The summed E-state index contributed by atoms with van der Waals surface area (Å²) in [5.41, 5.74) is 2.32. The maximum atomic E-state index is 12.5. The summed E-state index contributed by atoms with van der Waals surface area (Å²) >= 11 is 1.45. The fourth-order valence-electron chi connectivity index (χ4n) is 2.47. The summed E-state index contributed by atoms with van der Waals surface area (Å²) in [6.45, 7) is 7.66. The van der Waals surface area contributed by atoms with Gasteiger partial charge in [-0.2, -0.15) is 0 Å². The van der Waals surface area contributed by atoms with E-state index in [9.17, 15) is 9.59 Å². The summed E-state index contributed by atoms with van der Waals surface area (Å²) in [6, 6.07) is 7.67. The molecule has 144 valence electrons. The number of esters is 1. The third-order valence-corrected chi connectivity index (χ3v) is 5.28. The molecule has 0 aliphatic carbocycles. The minimum atomic E-state index is -0.378. The lowest BCUT2D eigenvalue weighted by Crippen LogP contribution is -2.08. The molecule has 1 N–H and O–H groups in total. The standard InChI is InChI=1S/C21H25NO4S/c1-6-26-21(24)18-14(4)19(15-7-9-16(25-5)10-8-15)27-20(18)22-12-11-17(23)13(2)3/h7-13,22H,6H2,1-5H3. The number of allylic oxidation sites excluding steroid dienone is 1. The first kappa shape index (κ1) is 20.7. The van der Waals surface area contributed by atoms with E-state index in [2.05, 4.69) is 5.32 Å². The third-order valence-electron chi connectivity index (χ3n) is 4.01. The summed E-state index contributed by atoms with van der Waals surface area (Å²) in [6.07, 6.45) is 3.07. The third kappa shape index (κ3) is 4.98. The number of carbonyl (C=O) groups excluding carboxylic acids is 2. The van der Waals surface area contributed by atoms with Crippen LogP contribution >= 0.6 is 11.3 Å². The number of carbonyl (C=O) groups is 2. The molecule has 2 rings (SSSR count). The van der Waals surface area contributed by atoms with Crippen LogP contribution in [0.4, 0.5) is 5.00 Å². The maximum Gasteiger partial charge on any atom is 0.341 e. The molecule has 2 aromatic rings. The fourth-order valence-corrected chi connectivity index (χ4v) is 3.65. The number of nitrogens with one attached hydrogen (secondary N) is 1. The van der Waals surface area contributed by atoms with Crippen molar-refractivity contribution in [3.63, 3.8) is 0 Å². The number of ether oxygens (including phenoxy) is 2. The molecule has 1 aromatic heterocycles. The zero-order valence-electron chi connectivity index (χ0n) is 16.3. The van der Waals surface area contributed by atoms with Crippen molar-refractivity contribution in [3.8, 4) is 16.2 Å². The van der Waals surface area contributed by atoms with Crippen LogP contribution in [0.5, 0.6) is 5.75 Å². The van der Waals surface area contributed by atoms with Crippen molar-refractivity contribution in [3.05, 3.63) is 47.7 Å². The average molecular weight is 388 g/mol. The zero-order chi connectivity index (χ0) is 20.0. The van der Waals surface area contributed by atoms with Crippen molar-refractivity contribution in [1.29, 1.82) is 0 Å². The molecule has 0 aliphatic rings. The van der Waals surface area contributed by atoms with Crippen LogP contribution in [0.25, 0.3) is 10.4 Å². The summed E-state index contributed by atoms with van der Waals surface area (Å²) in [5, 5.41) is 3.74. The van der Waals surface area contributed by atoms with E-state index in [4.69, 9.17) is 9.47 Å². The Morgan fingerprint density at radius 1 is 1.22 bits per heavy atom. The van der Waals surface area contributed by atoms with E-state index in [1.165, 1.54) is 17.4 Å². The van der Waals surface area contributed by atoms with E-state index in [-0.39, 0.29) is 17.7 Å². The van der Waals surface area contributed by atoms with Crippen LogP contribution in [0.1, 0.15) is 36.7 Å². The van der Waals surface area contributed by atoms with Crippen molar-refractivity contribution >= 4 is 28.1 Å². The molecule has 0 unspecified atom stereocenters. The molecule has 1 heterocycles. The SMILES string of the molecule is CCOC(=O)c1c(NC=CC(=O)C(C)C)sc(-c2ccc(OC)cc2)c1C. The van der Waals surface area contributed by atoms with Gasteiger partial charge in [-0.15, -0.1) is 11.3 Å². The molecule has 0 saturated heterocycles. The molecule has 0 spiro atoms. The summed E-state index contributed by atoms with van der Waals surface area (Å²) in [5.74, 6) is 0.334. The molecule has 0 fully saturated rings. The normalized spacial score (nSPS) is 11.0. The van der Waals surface area contributed by atoms with Crippen LogP contribution in [0.2, 0.25) is 0 Å². The highest BCUT2D eigenvalue weighted by Crippen LogP contribution is 2.40. The Balaban J connectivity index is 2.41. The first-order chi connectivity index (χ1) is 12.9. The van der Waals surface area contributed by atoms with Crippen LogP contribution in [0.15, 0.2) is 36.5 Å². The maximum absolute atomic E-state index is 12.5. The van der Waals surface area contributed by atoms with Crippen LogP contribution < -0.4 is 10.1 Å². The molecule has 1 aromatic carbocycles. The lowest BCUT2D eigenvalue weighted by molar-refractivity contribution is -0.117. The van der Waals surface area contributed by atoms with Gasteiger partial charge in [0.15, 0.2) is 5.78 Å². The number of methoxy groups -OCH3 is 1. The Morgan fingerprint density at radius 2 is 1.89 bits per heavy atom. The molecule has 27 heavy (non-hydrogen) atoms. The van der Waals surface area contributed by atoms with Crippen LogP contribution in [-0.4, -0.2) is 25.5 Å². The number of thiophene rings is 1. The Bertz CT molecular complexity index is 835. The summed E-state index contributed by atoms with van der Waals surface area (Å²) < 4.78 is 10.4. The molecule has 0 bridgehead atoms. The Hall–Kier alpha value is -2.60. The van der Waals surface area contributed by atoms with Gasteiger partial charge in [0.25, 0.3) is 0 Å². The van der Waals surface area contributed by atoms with Gasteiger partial charge in [-0.3, -0.25) is 4.79 Å². The molecule has 5 nitrogen and oxygen atoms in total. The van der Waals surface area contributed by atoms with Crippen LogP contribution in [0, 0.1) is 12.8 Å². The summed E-state index contributed by atoms with van der Waals surface area (Å²) in [4.78, 5) is 25.2. The van der Waals surface area contributed by atoms with E-state index in [1.807, 2.05) is 45.0 Å². The second-order valence-electron chi connectivity index (χ2n) is 6.24. The van der Waals surface area contributed by atoms with E-state index in [0.29, 0.717) is 17.2 Å². The van der Waals surface area contributed by atoms with Crippen molar-refractivity contribution < 1.29 is 19.1 Å². The largest absolute Gasteiger partial charge is 0.497 e. The van der Waals surface area contributed by atoms with E-state index < -0.39 is 0 Å². The van der Waals surface area contributed by atoms with Crippen molar-refractivity contribution in [2.24, 2.45) is 5.92 Å². The van der Waals surface area contributed by atoms with Crippen LogP contribution in [0.3, 0.4) is 0 Å². The molecule has 0 aliphatic heterocycles. The smallest absolute Gasteiger partial charge is 0.341 e. The Labute approximate surface area is 164 Å². The second kappa shape index (κ2) is 9.37. The minimum Gasteiger partial charge on any atom is -0.497 e. The van der Waals surface area contributed by atoms with E-state index in [0.717, 1.165) is 21.8 Å². The molecular weight excluding hydrogens is 362 g/mol. The van der Waals surface area contributed by atoms with Gasteiger partial charge in [0.1, 0.15) is 10.8 Å². The molecule has 0 radical (unpaired) electrons. The number of rotatable bonds is 8. The monoisotopic (exact) mass is 387 g/mol. The molecular formula is C21H25NO4S. The Morgan fingerprint density at radius 3 is 2.44 bits per heavy atom. The number of benzene rings is 1. The lowest BCUT2D eigenvalue weighted by Gasteiger charge is -2.05. The highest BCUT2D eigenvalue weighted by molar-refractivity contribution is 7.20. The Kier molecular flexibility index (Phi) is 7.19. The fraction of sp³-hybridized carbons (Fsp3) is 0.333. The number of ketones is 1. The topological polar surface area (TPSA) is 64.6 Å². The van der Waals surface area contributed by atoms with E-state index >= 15 is 0 Å². The predicted octanol–water partition coefficient (Wildman–Crippen LogP) is 5.06. The highest BCUT2D eigenvalue weighted by Gasteiger charge is 2.22. The van der Waals surface area contributed by atoms with E-state index in [1.54, 1.807) is 20.2 Å². The van der Waals surface area contributed by atoms with Gasteiger partial charge < -0.3 is 14.8 Å². The van der Waals surface area contributed by atoms with Crippen molar-refractivity contribution in [2.75, 3.05) is 19.0 Å². The average Bonchev–Trinajstić information content (AvgIpc) is 2.98. The van der Waals surface area contributed by atoms with Gasteiger partial charge in [-0.1, -0.05) is 13.8 Å². The zero-order valence-corrected chi connectivity index (χ0v) is 17.1. The van der Waals surface area contributed by atoms with Gasteiger partial charge in [-0.05, 0) is 55.3 Å². The lowest BCUT2D eigenvalue weighted by atomic mass is 10.1. The van der Waals surface area contributed by atoms with Crippen molar-refractivity contribution in [1.82, 2.24) is 0 Å². The van der Waals surface area contributed by atoms with Gasteiger partial charge in [0.05, 0.1) is 19.3 Å². The number of hydrogen-bond donors (Lipinski definition) is 1. The minimum absolute atomic E-state index is 0.0174. The van der Waals surface area contributed by atoms with Gasteiger partial charge in [0.2, 0.25) is 0 Å². The first-order valence-electron chi connectivity index (χ1n) is 8.80. The van der Waals surface area contributed by atoms with Gasteiger partial charge in [-0.25, -0.2) is 4.79 Å². The predicted molar refractivity (Wildman–Crippen MR) is 110 cm³/mol. The first-order valence-corrected chi connectivity index (χ1v) is 9.62. The summed E-state index contributed by atoms with van der Waals surface area (Å²) in [7, 11) is 1.62. The molecule has 0 saturated carbocycles. The molecule has 6 heteroatoms. The number of anilines is 1. The highest BCUT2D eigenvalue weighted by atomic mass is 32.1. The quantitative estimate of drug-likeness (QED) is 0.507. The molecule has 0 amide bonds. The van der Waals surface area contributed by atoms with Gasteiger partial charge in [0, 0.05) is 17.0 Å². The number of hydrogen-bond acceptors (Lipinski definition) is 6. The molecule has 0 atom stereocenters. The van der Waals surface area contributed by atoms with Gasteiger partial charge >= 0.3 is 5.97 Å².